The first-order chi connectivity index (χ1) is 8.66. The van der Waals surface area contributed by atoms with Gasteiger partial charge in [0.05, 0.1) is 6.54 Å². The predicted molar refractivity (Wildman–Crippen MR) is 70.8 cm³/mol. The molecule has 4 nitrogen and oxygen atoms in total. The highest BCUT2D eigenvalue weighted by atomic mass is 32.1. The molecule has 5 heteroatoms. The smallest absolute Gasteiger partial charge is 0.328 e. The van der Waals surface area contributed by atoms with Gasteiger partial charge in [0.15, 0.2) is 0 Å². The van der Waals surface area contributed by atoms with Crippen LogP contribution < -0.4 is 5.56 Å². The number of aliphatic carboxylic acids is 1. The van der Waals surface area contributed by atoms with Gasteiger partial charge < -0.3 is 9.67 Å². The zero-order chi connectivity index (χ0) is 13.0. The van der Waals surface area contributed by atoms with Crippen LogP contribution in [0.5, 0.6) is 0 Å². The van der Waals surface area contributed by atoms with Crippen molar-refractivity contribution < 1.29 is 9.90 Å². The molecule has 0 amide bonds. The van der Waals surface area contributed by atoms with E-state index in [-0.39, 0.29) is 5.56 Å². The first kappa shape index (κ1) is 12.3. The Morgan fingerprint density at radius 3 is 2.94 bits per heavy atom. The zero-order valence-electron chi connectivity index (χ0n) is 9.45. The average molecular weight is 261 g/mol. The van der Waals surface area contributed by atoms with Gasteiger partial charge in [-0.1, -0.05) is 6.07 Å². The predicted octanol–water partition coefficient (Wildman–Crippen LogP) is 2.06. The van der Waals surface area contributed by atoms with Gasteiger partial charge in [-0.15, -0.1) is 11.3 Å². The largest absolute Gasteiger partial charge is 0.478 e. The Morgan fingerprint density at radius 2 is 2.22 bits per heavy atom. The second kappa shape index (κ2) is 5.46. The molecule has 0 aliphatic heterocycles. The van der Waals surface area contributed by atoms with Crippen LogP contribution in [0.4, 0.5) is 0 Å². The fraction of sp³-hybridized carbons (Fsp3) is 0.0769. The number of rotatable bonds is 4. The Morgan fingerprint density at radius 1 is 1.39 bits per heavy atom. The van der Waals surface area contributed by atoms with Crippen LogP contribution in [0.2, 0.25) is 0 Å². The molecule has 2 aromatic heterocycles. The number of carbonyl (C=O) groups is 1. The van der Waals surface area contributed by atoms with Crippen LogP contribution in [0.15, 0.2) is 46.7 Å². The third-order valence-electron chi connectivity index (χ3n) is 2.40. The Balaban J connectivity index is 2.26. The molecule has 0 spiro atoms. The number of pyridine rings is 1. The SMILES string of the molecule is O=C(O)C=Cc1ccsc1Cn1ccccc1=O. The van der Waals surface area contributed by atoms with E-state index < -0.39 is 5.97 Å². The monoisotopic (exact) mass is 261 g/mol. The highest BCUT2D eigenvalue weighted by molar-refractivity contribution is 7.10. The highest BCUT2D eigenvalue weighted by Crippen LogP contribution is 2.19. The molecule has 0 unspecified atom stereocenters. The minimum Gasteiger partial charge on any atom is -0.478 e. The van der Waals surface area contributed by atoms with Gasteiger partial charge >= 0.3 is 5.97 Å². The van der Waals surface area contributed by atoms with Gasteiger partial charge in [0.2, 0.25) is 0 Å². The van der Waals surface area contributed by atoms with Gasteiger partial charge in [-0.2, -0.15) is 0 Å². The molecule has 0 fully saturated rings. The lowest BCUT2D eigenvalue weighted by Gasteiger charge is -2.03. The van der Waals surface area contributed by atoms with E-state index in [1.807, 2.05) is 11.4 Å². The van der Waals surface area contributed by atoms with Gasteiger partial charge in [0, 0.05) is 23.2 Å². The van der Waals surface area contributed by atoms with Crippen molar-refractivity contribution >= 4 is 23.4 Å². The van der Waals surface area contributed by atoms with Crippen LogP contribution in [0.3, 0.4) is 0 Å². The maximum absolute atomic E-state index is 11.6. The lowest BCUT2D eigenvalue weighted by atomic mass is 10.2. The molecule has 2 aromatic rings. The van der Waals surface area contributed by atoms with Crippen molar-refractivity contribution in [3.63, 3.8) is 0 Å². The summed E-state index contributed by atoms with van der Waals surface area (Å²) in [5, 5.41) is 10.5. The van der Waals surface area contributed by atoms with Crippen molar-refractivity contribution in [1.29, 1.82) is 0 Å². The van der Waals surface area contributed by atoms with Crippen LogP contribution in [-0.2, 0) is 11.3 Å². The third kappa shape index (κ3) is 2.95. The van der Waals surface area contributed by atoms with Crippen molar-refractivity contribution in [2.24, 2.45) is 0 Å². The third-order valence-corrected chi connectivity index (χ3v) is 3.32. The topological polar surface area (TPSA) is 59.3 Å². The van der Waals surface area contributed by atoms with Crippen molar-refractivity contribution in [1.82, 2.24) is 4.57 Å². The van der Waals surface area contributed by atoms with E-state index in [9.17, 15) is 9.59 Å². The van der Waals surface area contributed by atoms with E-state index in [0.717, 1.165) is 16.5 Å². The normalized spacial score (nSPS) is 10.9. The van der Waals surface area contributed by atoms with E-state index in [1.54, 1.807) is 29.0 Å². The number of thiophene rings is 1. The van der Waals surface area contributed by atoms with Crippen LogP contribution in [0, 0.1) is 0 Å². The van der Waals surface area contributed by atoms with Gasteiger partial charge in [-0.05, 0) is 29.2 Å². The molecular formula is C13H11NO3S. The summed E-state index contributed by atoms with van der Waals surface area (Å²) in [6.07, 6.45) is 4.36. The van der Waals surface area contributed by atoms with Crippen molar-refractivity contribution in [3.8, 4) is 0 Å². The summed E-state index contributed by atoms with van der Waals surface area (Å²) in [4.78, 5) is 23.0. The minimum atomic E-state index is -0.982. The molecule has 92 valence electrons. The molecular weight excluding hydrogens is 250 g/mol. The quantitative estimate of drug-likeness (QED) is 0.857. The number of hydrogen-bond donors (Lipinski definition) is 1. The first-order valence-corrected chi connectivity index (χ1v) is 6.17. The summed E-state index contributed by atoms with van der Waals surface area (Å²) in [5.74, 6) is -0.982. The van der Waals surface area contributed by atoms with Gasteiger partial charge in [0.1, 0.15) is 0 Å². The van der Waals surface area contributed by atoms with Crippen LogP contribution in [0.25, 0.3) is 6.08 Å². The van der Waals surface area contributed by atoms with Crippen molar-refractivity contribution in [2.45, 2.75) is 6.54 Å². The zero-order valence-corrected chi connectivity index (χ0v) is 10.3. The summed E-state index contributed by atoms with van der Waals surface area (Å²) in [7, 11) is 0. The lowest BCUT2D eigenvalue weighted by molar-refractivity contribution is -0.131. The number of carboxylic acids is 1. The molecule has 2 rings (SSSR count). The van der Waals surface area contributed by atoms with E-state index in [0.29, 0.717) is 6.54 Å². The molecule has 0 bridgehead atoms. The Bertz CT molecular complexity index is 639. The Labute approximate surface area is 107 Å². The van der Waals surface area contributed by atoms with E-state index >= 15 is 0 Å². The van der Waals surface area contributed by atoms with E-state index in [2.05, 4.69) is 0 Å². The highest BCUT2D eigenvalue weighted by Gasteiger charge is 2.03. The molecule has 2 heterocycles. The van der Waals surface area contributed by atoms with Gasteiger partial charge in [-0.25, -0.2) is 4.79 Å². The maximum Gasteiger partial charge on any atom is 0.328 e. The van der Waals surface area contributed by atoms with Crippen molar-refractivity contribution in [3.05, 3.63) is 62.7 Å². The number of hydrogen-bond acceptors (Lipinski definition) is 3. The summed E-state index contributed by atoms with van der Waals surface area (Å²) < 4.78 is 1.59. The van der Waals surface area contributed by atoms with Crippen LogP contribution in [-0.4, -0.2) is 15.6 Å². The molecule has 1 N–H and O–H groups in total. The summed E-state index contributed by atoms with van der Waals surface area (Å²) in [6, 6.07) is 6.83. The minimum absolute atomic E-state index is 0.0703. The second-order valence-electron chi connectivity index (χ2n) is 3.64. The molecule has 0 aliphatic carbocycles. The summed E-state index contributed by atoms with van der Waals surface area (Å²) in [6.45, 7) is 0.455. The second-order valence-corrected chi connectivity index (χ2v) is 4.64. The molecule has 0 saturated carbocycles. The number of aromatic nitrogens is 1. The lowest BCUT2D eigenvalue weighted by Crippen LogP contribution is -2.17. The van der Waals surface area contributed by atoms with Crippen LogP contribution >= 0.6 is 11.3 Å². The van der Waals surface area contributed by atoms with Gasteiger partial charge in [-0.3, -0.25) is 4.79 Å². The van der Waals surface area contributed by atoms with E-state index in [1.165, 1.54) is 17.4 Å². The van der Waals surface area contributed by atoms with E-state index in [4.69, 9.17) is 5.11 Å². The summed E-state index contributed by atoms with van der Waals surface area (Å²) >= 11 is 1.50. The molecule has 0 aliphatic rings. The fourth-order valence-electron chi connectivity index (χ4n) is 1.53. The molecule has 0 aromatic carbocycles. The number of carboxylic acid groups (broad SMARTS) is 1. The summed E-state index contributed by atoms with van der Waals surface area (Å²) in [5.41, 5.74) is 0.761. The molecule has 0 atom stereocenters. The van der Waals surface area contributed by atoms with Gasteiger partial charge in [0.25, 0.3) is 5.56 Å². The Hall–Kier alpha value is -2.14. The maximum atomic E-state index is 11.6. The van der Waals surface area contributed by atoms with Crippen molar-refractivity contribution in [2.75, 3.05) is 0 Å². The molecule has 0 saturated heterocycles. The molecule has 18 heavy (non-hydrogen) atoms. The number of nitrogens with zero attached hydrogens (tertiary/aromatic N) is 1. The standard InChI is InChI=1S/C13H11NO3S/c15-12-3-1-2-7-14(12)9-11-10(6-8-18-11)4-5-13(16)17/h1-8H,9H2,(H,16,17). The Kier molecular flexibility index (Phi) is 3.74. The molecule has 0 radical (unpaired) electrons. The first-order valence-electron chi connectivity index (χ1n) is 5.29. The fourth-order valence-corrected chi connectivity index (χ4v) is 2.40. The average Bonchev–Trinajstić information content (AvgIpc) is 2.77. The van der Waals surface area contributed by atoms with Crippen LogP contribution in [0.1, 0.15) is 10.4 Å².